The normalized spacial score (nSPS) is 16.4. The first-order valence-electron chi connectivity index (χ1n) is 12.5. The summed E-state index contributed by atoms with van der Waals surface area (Å²) in [7, 11) is -1.69. The smallest absolute Gasteiger partial charge is 0.333 e. The van der Waals surface area contributed by atoms with E-state index in [1.165, 1.54) is 22.9 Å². The second-order valence-corrected chi connectivity index (χ2v) is 11.5. The minimum Gasteiger partial charge on any atom is -0.454 e. The van der Waals surface area contributed by atoms with Gasteiger partial charge in [-0.25, -0.2) is 22.8 Å². The third-order valence-corrected chi connectivity index (χ3v) is 8.41. The Labute approximate surface area is 224 Å². The Morgan fingerprint density at radius 3 is 2.54 bits per heavy atom. The predicted molar refractivity (Wildman–Crippen MR) is 141 cm³/mol. The zero-order chi connectivity index (χ0) is 28.2. The number of hydrogen-bond donors (Lipinski definition) is 0. The van der Waals surface area contributed by atoms with E-state index in [0.717, 1.165) is 10.1 Å². The van der Waals surface area contributed by atoms with Gasteiger partial charge in [-0.3, -0.25) is 19.0 Å². The molecule has 14 heteroatoms. The maximum atomic E-state index is 13.4. The van der Waals surface area contributed by atoms with E-state index in [9.17, 15) is 27.6 Å². The van der Waals surface area contributed by atoms with E-state index in [4.69, 9.17) is 9.47 Å². The highest BCUT2D eigenvalue weighted by atomic mass is 32.2. The number of likely N-dealkylation sites (N-methyl/N-ethyl adjacent to an activating group) is 1. The molecule has 0 radical (unpaired) electrons. The number of sulfone groups is 1. The van der Waals surface area contributed by atoms with E-state index in [1.807, 2.05) is 30.3 Å². The summed E-state index contributed by atoms with van der Waals surface area (Å²) in [5.41, 5.74) is -0.370. The second kappa shape index (κ2) is 11.9. The molecule has 13 nitrogen and oxygen atoms in total. The van der Waals surface area contributed by atoms with Gasteiger partial charge in [0.15, 0.2) is 27.6 Å². The van der Waals surface area contributed by atoms with Gasteiger partial charge in [-0.15, -0.1) is 0 Å². The lowest BCUT2D eigenvalue weighted by atomic mass is 10.2. The molecule has 3 heterocycles. The van der Waals surface area contributed by atoms with Crippen LogP contribution in [0.15, 0.2) is 46.2 Å². The number of aromatic nitrogens is 4. The van der Waals surface area contributed by atoms with Gasteiger partial charge < -0.3 is 18.9 Å². The van der Waals surface area contributed by atoms with E-state index < -0.39 is 52.2 Å². The summed E-state index contributed by atoms with van der Waals surface area (Å²) in [5, 5.41) is 0. The van der Waals surface area contributed by atoms with E-state index in [1.54, 1.807) is 11.5 Å². The number of ether oxygens (including phenoxy) is 2. The number of hydrogen-bond acceptors (Lipinski definition) is 9. The van der Waals surface area contributed by atoms with Crippen molar-refractivity contribution in [1.29, 1.82) is 0 Å². The van der Waals surface area contributed by atoms with Crippen LogP contribution in [0.2, 0.25) is 0 Å². The van der Waals surface area contributed by atoms with Gasteiger partial charge in [0.05, 0.1) is 31.0 Å². The molecule has 0 aliphatic carbocycles. The molecule has 0 N–H and O–H groups in total. The average molecular weight is 562 g/mol. The van der Waals surface area contributed by atoms with Gasteiger partial charge in [0.2, 0.25) is 0 Å². The van der Waals surface area contributed by atoms with Gasteiger partial charge in [0.25, 0.3) is 11.5 Å². The van der Waals surface area contributed by atoms with Gasteiger partial charge in [-0.05, 0) is 18.9 Å². The van der Waals surface area contributed by atoms with E-state index in [-0.39, 0.29) is 35.8 Å². The Bertz CT molecular complexity index is 1580. The summed E-state index contributed by atoms with van der Waals surface area (Å²) in [5.74, 6) is -1.63. The Hall–Kier alpha value is -3.78. The number of fused-ring (bicyclic) bond motifs is 1. The molecule has 1 aromatic carbocycles. The molecule has 1 saturated heterocycles. The number of nitrogens with zero attached hydrogens (tertiary/aromatic N) is 5. The van der Waals surface area contributed by atoms with Gasteiger partial charge >= 0.3 is 11.7 Å². The van der Waals surface area contributed by atoms with Crippen molar-refractivity contribution in [1.82, 2.24) is 23.6 Å². The first kappa shape index (κ1) is 28.2. The lowest BCUT2D eigenvalue weighted by Gasteiger charge is -2.26. The molecule has 210 valence electrons. The molecular weight excluding hydrogens is 530 g/mol. The number of esters is 1. The van der Waals surface area contributed by atoms with Crippen molar-refractivity contribution in [2.24, 2.45) is 0 Å². The van der Waals surface area contributed by atoms with Crippen LogP contribution in [0.4, 0.5) is 0 Å². The molecule has 1 amide bonds. The summed E-state index contributed by atoms with van der Waals surface area (Å²) in [6, 6.07) is 8.65. The summed E-state index contributed by atoms with van der Waals surface area (Å²) < 4.78 is 37.5. The van der Waals surface area contributed by atoms with Crippen LogP contribution in [0.3, 0.4) is 0 Å². The minimum absolute atomic E-state index is 0.00283. The van der Waals surface area contributed by atoms with Crippen LogP contribution in [0, 0.1) is 0 Å². The first-order valence-corrected chi connectivity index (χ1v) is 14.3. The van der Waals surface area contributed by atoms with E-state index >= 15 is 0 Å². The summed E-state index contributed by atoms with van der Waals surface area (Å²) in [6.07, 6.45) is 1.76. The molecule has 1 aliphatic rings. The lowest BCUT2D eigenvalue weighted by molar-refractivity contribution is -0.153. The Morgan fingerprint density at radius 1 is 1.15 bits per heavy atom. The fraction of sp³-hybridized carbons (Fsp3) is 0.480. The summed E-state index contributed by atoms with van der Waals surface area (Å²) >= 11 is 0. The van der Waals surface area contributed by atoms with Gasteiger partial charge in [-0.1, -0.05) is 30.3 Å². The number of rotatable bonds is 11. The molecule has 1 aliphatic heterocycles. The third-order valence-electron chi connectivity index (χ3n) is 6.66. The molecule has 2 aromatic heterocycles. The third kappa shape index (κ3) is 6.28. The number of carbonyl (C=O) groups is 2. The molecule has 3 aromatic rings. The molecule has 4 rings (SSSR count). The monoisotopic (exact) mass is 561 g/mol. The van der Waals surface area contributed by atoms with E-state index in [2.05, 4.69) is 4.98 Å². The Morgan fingerprint density at radius 2 is 1.90 bits per heavy atom. The van der Waals surface area contributed by atoms with Gasteiger partial charge in [0, 0.05) is 26.2 Å². The molecule has 39 heavy (non-hydrogen) atoms. The fourth-order valence-corrected chi connectivity index (χ4v) is 6.44. The molecule has 1 fully saturated rings. The number of benzene rings is 1. The SMILES string of the molecule is CCN(C(=O)COC(=O)Cn1c(=O)c2c(ncn2CCOC)n(Cc2ccccc2)c1=O)C1CCS(=O)(=O)C1. The Balaban J connectivity index is 1.58. The first-order chi connectivity index (χ1) is 18.6. The number of imidazole rings is 1. The van der Waals surface area contributed by atoms with Crippen molar-refractivity contribution in [2.45, 2.75) is 39.0 Å². The van der Waals surface area contributed by atoms with Crippen molar-refractivity contribution >= 4 is 32.9 Å². The van der Waals surface area contributed by atoms with Crippen molar-refractivity contribution in [3.8, 4) is 0 Å². The maximum absolute atomic E-state index is 13.4. The van der Waals surface area contributed by atoms with Crippen LogP contribution in [-0.2, 0) is 48.5 Å². The van der Waals surface area contributed by atoms with Crippen LogP contribution in [0.5, 0.6) is 0 Å². The van der Waals surface area contributed by atoms with Crippen LogP contribution < -0.4 is 11.2 Å². The zero-order valence-corrected chi connectivity index (χ0v) is 22.6. The standard InChI is InChI=1S/C25H31N5O8S/c1-3-28(19-9-12-39(35,36)16-19)20(31)15-38-21(32)14-30-24(33)22-23(26-17-27(22)10-11-37-2)29(25(30)34)13-18-7-5-4-6-8-18/h4-8,17,19H,3,9-16H2,1-2H3. The van der Waals surface area contributed by atoms with Crippen LogP contribution >= 0.6 is 0 Å². The molecule has 1 unspecified atom stereocenters. The van der Waals surface area contributed by atoms with Gasteiger partial charge in [0.1, 0.15) is 6.54 Å². The molecular formula is C25H31N5O8S. The molecule has 0 bridgehead atoms. The highest BCUT2D eigenvalue weighted by Crippen LogP contribution is 2.18. The molecule has 0 spiro atoms. The topological polar surface area (TPSA) is 152 Å². The molecule has 0 saturated carbocycles. The van der Waals surface area contributed by atoms with E-state index in [0.29, 0.717) is 19.6 Å². The number of methoxy groups -OCH3 is 1. The fourth-order valence-electron chi connectivity index (χ4n) is 4.71. The zero-order valence-electron chi connectivity index (χ0n) is 21.8. The van der Waals surface area contributed by atoms with Crippen molar-refractivity contribution in [3.63, 3.8) is 0 Å². The van der Waals surface area contributed by atoms with Crippen LogP contribution in [0.1, 0.15) is 18.9 Å². The highest BCUT2D eigenvalue weighted by molar-refractivity contribution is 7.91. The maximum Gasteiger partial charge on any atom is 0.333 e. The molecule has 1 atom stereocenters. The number of carbonyl (C=O) groups excluding carboxylic acids is 2. The van der Waals surface area contributed by atoms with Crippen LogP contribution in [0.25, 0.3) is 11.2 Å². The Kier molecular flexibility index (Phi) is 8.65. The quantitative estimate of drug-likeness (QED) is 0.286. The summed E-state index contributed by atoms with van der Waals surface area (Å²) in [6.45, 7) is 1.32. The second-order valence-electron chi connectivity index (χ2n) is 9.25. The van der Waals surface area contributed by atoms with Gasteiger partial charge in [-0.2, -0.15) is 0 Å². The largest absolute Gasteiger partial charge is 0.454 e. The summed E-state index contributed by atoms with van der Waals surface area (Å²) in [4.78, 5) is 57.9. The minimum atomic E-state index is -3.21. The van der Waals surface area contributed by atoms with Crippen LogP contribution in [-0.4, -0.2) is 88.3 Å². The highest BCUT2D eigenvalue weighted by Gasteiger charge is 2.34. The average Bonchev–Trinajstić information content (AvgIpc) is 3.50. The predicted octanol–water partition coefficient (Wildman–Crippen LogP) is -0.367. The van der Waals surface area contributed by atoms with Crippen molar-refractivity contribution in [3.05, 3.63) is 63.1 Å². The van der Waals surface area contributed by atoms with Crippen molar-refractivity contribution < 1.29 is 27.5 Å². The number of amides is 1. The van der Waals surface area contributed by atoms with Crippen molar-refractivity contribution in [2.75, 3.05) is 38.4 Å². The lowest BCUT2D eigenvalue weighted by Crippen LogP contribution is -2.44.